The summed E-state index contributed by atoms with van der Waals surface area (Å²) in [6.07, 6.45) is 1.81. The van der Waals surface area contributed by atoms with E-state index in [1.165, 1.54) is 25.4 Å². The smallest absolute Gasteiger partial charge is 0.257 e. The Labute approximate surface area is 167 Å². The van der Waals surface area contributed by atoms with Crippen LogP contribution in [0.3, 0.4) is 0 Å². The highest BCUT2D eigenvalue weighted by molar-refractivity contribution is 5.98. The molecule has 29 heavy (non-hydrogen) atoms. The van der Waals surface area contributed by atoms with Crippen LogP contribution in [-0.4, -0.2) is 24.3 Å². The number of carbonyl (C=O) groups is 2. The molecular formula is C22H19FN2O4. The lowest BCUT2D eigenvalue weighted by molar-refractivity contribution is 0.0943. The van der Waals surface area contributed by atoms with Crippen molar-refractivity contribution in [2.75, 3.05) is 7.11 Å². The molecule has 3 aromatic rings. The van der Waals surface area contributed by atoms with Crippen LogP contribution in [0.25, 0.3) is 0 Å². The molecule has 3 rings (SSSR count). The number of methoxy groups -OCH3 is 1. The van der Waals surface area contributed by atoms with Crippen LogP contribution in [0.2, 0.25) is 0 Å². The van der Waals surface area contributed by atoms with Crippen molar-refractivity contribution in [1.29, 1.82) is 0 Å². The second kappa shape index (κ2) is 9.45. The van der Waals surface area contributed by atoms with E-state index in [0.29, 0.717) is 6.29 Å². The van der Waals surface area contributed by atoms with Crippen molar-refractivity contribution < 1.29 is 23.5 Å². The van der Waals surface area contributed by atoms with Gasteiger partial charge in [0.1, 0.15) is 23.7 Å². The topological polar surface area (TPSA) is 77.5 Å². The van der Waals surface area contributed by atoms with Gasteiger partial charge < -0.3 is 14.8 Å². The fourth-order valence-electron chi connectivity index (χ4n) is 2.69. The summed E-state index contributed by atoms with van der Waals surface area (Å²) in [6, 6.07) is 15.2. The standard InChI is InChI=1S/C22H19FN2O4/c1-28-21-19(13-26)24-12-18(20(21)29-14-16-5-3-2-4-6-16)22(27)25-11-15-7-9-17(23)10-8-15/h2-10,12-13H,11,14H2,1H3,(H,25,27). The van der Waals surface area contributed by atoms with Gasteiger partial charge in [-0.3, -0.25) is 9.59 Å². The van der Waals surface area contributed by atoms with Crippen molar-refractivity contribution in [3.63, 3.8) is 0 Å². The number of aldehydes is 1. The Balaban J connectivity index is 1.84. The Hall–Kier alpha value is -3.74. The maximum absolute atomic E-state index is 13.0. The van der Waals surface area contributed by atoms with Gasteiger partial charge in [0.05, 0.1) is 7.11 Å². The van der Waals surface area contributed by atoms with E-state index in [0.717, 1.165) is 11.1 Å². The number of pyridine rings is 1. The van der Waals surface area contributed by atoms with Crippen LogP contribution in [0.1, 0.15) is 32.0 Å². The molecule has 0 saturated heterocycles. The average Bonchev–Trinajstić information content (AvgIpc) is 2.77. The highest BCUT2D eigenvalue weighted by Crippen LogP contribution is 2.33. The molecule has 7 heteroatoms. The van der Waals surface area contributed by atoms with Crippen LogP contribution in [-0.2, 0) is 13.2 Å². The van der Waals surface area contributed by atoms with Gasteiger partial charge >= 0.3 is 0 Å². The third-order valence-corrected chi connectivity index (χ3v) is 4.17. The van der Waals surface area contributed by atoms with Crippen molar-refractivity contribution in [2.24, 2.45) is 0 Å². The van der Waals surface area contributed by atoms with Gasteiger partial charge in [-0.1, -0.05) is 42.5 Å². The Bertz CT molecular complexity index is 992. The first-order chi connectivity index (χ1) is 14.1. The van der Waals surface area contributed by atoms with Gasteiger partial charge in [-0.15, -0.1) is 0 Å². The van der Waals surface area contributed by atoms with Gasteiger partial charge in [-0.25, -0.2) is 9.37 Å². The van der Waals surface area contributed by atoms with Crippen LogP contribution < -0.4 is 14.8 Å². The largest absolute Gasteiger partial charge is 0.491 e. The number of hydrogen-bond acceptors (Lipinski definition) is 5. The van der Waals surface area contributed by atoms with Gasteiger partial charge in [0, 0.05) is 12.7 Å². The summed E-state index contributed by atoms with van der Waals surface area (Å²) < 4.78 is 24.2. The molecule has 0 saturated carbocycles. The minimum Gasteiger partial charge on any atom is -0.491 e. The van der Waals surface area contributed by atoms with Gasteiger partial charge in [-0.2, -0.15) is 0 Å². The number of aromatic nitrogens is 1. The summed E-state index contributed by atoms with van der Waals surface area (Å²) >= 11 is 0. The van der Waals surface area contributed by atoms with E-state index in [9.17, 15) is 14.0 Å². The van der Waals surface area contributed by atoms with Crippen molar-refractivity contribution in [1.82, 2.24) is 10.3 Å². The lowest BCUT2D eigenvalue weighted by atomic mass is 10.1. The molecule has 0 aliphatic rings. The molecule has 148 valence electrons. The highest BCUT2D eigenvalue weighted by Gasteiger charge is 2.22. The summed E-state index contributed by atoms with van der Waals surface area (Å²) in [5.41, 5.74) is 1.78. The fraction of sp³-hybridized carbons (Fsp3) is 0.136. The summed E-state index contributed by atoms with van der Waals surface area (Å²) in [7, 11) is 1.37. The number of rotatable bonds is 8. The second-order valence-corrected chi connectivity index (χ2v) is 6.12. The first kappa shape index (κ1) is 20.0. The number of ether oxygens (including phenoxy) is 2. The third kappa shape index (κ3) is 4.95. The second-order valence-electron chi connectivity index (χ2n) is 6.12. The van der Waals surface area contributed by atoms with Gasteiger partial charge in [0.2, 0.25) is 0 Å². The van der Waals surface area contributed by atoms with Crippen LogP contribution in [0, 0.1) is 5.82 Å². The van der Waals surface area contributed by atoms with E-state index >= 15 is 0 Å². The number of nitrogens with zero attached hydrogens (tertiary/aromatic N) is 1. The normalized spacial score (nSPS) is 10.3. The molecular weight excluding hydrogens is 375 g/mol. The van der Waals surface area contributed by atoms with Crippen molar-refractivity contribution in [3.05, 3.63) is 89.0 Å². The predicted octanol–water partition coefficient (Wildman–Crippen LogP) is 3.55. The summed E-state index contributed by atoms with van der Waals surface area (Å²) in [5.74, 6) is -0.592. The Morgan fingerprint density at radius 2 is 1.79 bits per heavy atom. The van der Waals surface area contributed by atoms with Crippen LogP contribution in [0.15, 0.2) is 60.8 Å². The third-order valence-electron chi connectivity index (χ3n) is 4.17. The van der Waals surface area contributed by atoms with E-state index in [-0.39, 0.29) is 41.7 Å². The highest BCUT2D eigenvalue weighted by atomic mass is 19.1. The number of nitrogens with one attached hydrogen (secondary N) is 1. The molecule has 0 atom stereocenters. The molecule has 1 amide bonds. The lowest BCUT2D eigenvalue weighted by Crippen LogP contribution is -2.24. The van der Waals surface area contributed by atoms with E-state index in [4.69, 9.17) is 9.47 Å². The van der Waals surface area contributed by atoms with Crippen molar-refractivity contribution >= 4 is 12.2 Å². The van der Waals surface area contributed by atoms with Gasteiger partial charge in [0.15, 0.2) is 17.8 Å². The first-order valence-electron chi connectivity index (χ1n) is 8.84. The fourth-order valence-corrected chi connectivity index (χ4v) is 2.69. The number of carbonyl (C=O) groups excluding carboxylic acids is 2. The number of amides is 1. The average molecular weight is 394 g/mol. The van der Waals surface area contributed by atoms with E-state index in [1.807, 2.05) is 30.3 Å². The zero-order chi connectivity index (χ0) is 20.6. The molecule has 0 aliphatic heterocycles. The lowest BCUT2D eigenvalue weighted by Gasteiger charge is -2.16. The van der Waals surface area contributed by atoms with Gasteiger partial charge in [0.25, 0.3) is 5.91 Å². The summed E-state index contributed by atoms with van der Waals surface area (Å²) in [4.78, 5) is 28.0. The molecule has 1 heterocycles. The van der Waals surface area contributed by atoms with Crippen LogP contribution in [0.5, 0.6) is 11.5 Å². The number of benzene rings is 2. The Morgan fingerprint density at radius 1 is 1.07 bits per heavy atom. The van der Waals surface area contributed by atoms with Gasteiger partial charge in [-0.05, 0) is 23.3 Å². The molecule has 0 unspecified atom stereocenters. The van der Waals surface area contributed by atoms with Crippen molar-refractivity contribution in [3.8, 4) is 11.5 Å². The zero-order valence-corrected chi connectivity index (χ0v) is 15.7. The quantitative estimate of drug-likeness (QED) is 0.591. The van der Waals surface area contributed by atoms with E-state index in [2.05, 4.69) is 10.3 Å². The number of hydrogen-bond donors (Lipinski definition) is 1. The minimum atomic E-state index is -0.458. The molecule has 1 N–H and O–H groups in total. The summed E-state index contributed by atoms with van der Waals surface area (Å²) in [5, 5.41) is 2.74. The molecule has 0 bridgehead atoms. The molecule has 2 aromatic carbocycles. The molecule has 0 spiro atoms. The molecule has 0 fully saturated rings. The number of halogens is 1. The Morgan fingerprint density at radius 3 is 2.45 bits per heavy atom. The minimum absolute atomic E-state index is 0.0330. The van der Waals surface area contributed by atoms with Crippen LogP contribution in [0.4, 0.5) is 4.39 Å². The SMILES string of the molecule is COc1c(C=O)ncc(C(=O)NCc2ccc(F)cc2)c1OCc1ccccc1. The van der Waals surface area contributed by atoms with Crippen molar-refractivity contribution in [2.45, 2.75) is 13.2 Å². The van der Waals surface area contributed by atoms with E-state index in [1.54, 1.807) is 12.1 Å². The maximum Gasteiger partial charge on any atom is 0.257 e. The van der Waals surface area contributed by atoms with Crippen LogP contribution >= 0.6 is 0 Å². The Kier molecular flexibility index (Phi) is 6.52. The molecule has 0 aliphatic carbocycles. The predicted molar refractivity (Wildman–Crippen MR) is 105 cm³/mol. The molecule has 6 nitrogen and oxygen atoms in total. The van der Waals surface area contributed by atoms with E-state index < -0.39 is 5.91 Å². The monoisotopic (exact) mass is 394 g/mol. The summed E-state index contributed by atoms with van der Waals surface area (Å²) in [6.45, 7) is 0.368. The first-order valence-corrected chi connectivity index (χ1v) is 8.84. The maximum atomic E-state index is 13.0. The zero-order valence-electron chi connectivity index (χ0n) is 15.7. The molecule has 0 radical (unpaired) electrons. The molecule has 1 aromatic heterocycles.